The molecule has 0 aliphatic carbocycles. The molecule has 2 N–H and O–H groups in total. The molecule has 0 spiro atoms. The summed E-state index contributed by atoms with van der Waals surface area (Å²) in [5, 5.41) is 6.30. The third-order valence-electron chi connectivity index (χ3n) is 3.06. The molecule has 0 bridgehead atoms. The van der Waals surface area contributed by atoms with Crippen LogP contribution in [0.3, 0.4) is 0 Å². The van der Waals surface area contributed by atoms with Gasteiger partial charge in [0.15, 0.2) is 0 Å². The van der Waals surface area contributed by atoms with Crippen molar-refractivity contribution in [3.8, 4) is 0 Å². The lowest BCUT2D eigenvalue weighted by Crippen LogP contribution is -2.28. The zero-order chi connectivity index (χ0) is 16.0. The number of hydrogen-bond acceptors (Lipinski definition) is 6. The van der Waals surface area contributed by atoms with Gasteiger partial charge in [0.1, 0.15) is 17.5 Å². The minimum atomic E-state index is -3.21. The number of nitrogens with one attached hydrogen (secondary N) is 2. The molecule has 0 radical (unpaired) electrons. The van der Waals surface area contributed by atoms with Gasteiger partial charge in [0, 0.05) is 39.2 Å². The van der Waals surface area contributed by atoms with Gasteiger partial charge in [-0.05, 0) is 13.8 Å². The topological polar surface area (TPSA) is 87.2 Å². The summed E-state index contributed by atoms with van der Waals surface area (Å²) in [4.78, 5) is 8.86. The molecule has 0 fully saturated rings. The predicted octanol–water partition coefficient (Wildman–Crippen LogP) is 1.08. The van der Waals surface area contributed by atoms with Gasteiger partial charge in [0.05, 0.1) is 5.75 Å². The van der Waals surface area contributed by atoms with E-state index in [0.29, 0.717) is 12.4 Å². The number of rotatable bonds is 8. The van der Waals surface area contributed by atoms with Gasteiger partial charge in [0.2, 0.25) is 10.0 Å². The molecule has 0 atom stereocenters. The zero-order valence-electron chi connectivity index (χ0n) is 13.4. The summed E-state index contributed by atoms with van der Waals surface area (Å²) in [6, 6.07) is 0. The fourth-order valence-electron chi connectivity index (χ4n) is 1.71. The fourth-order valence-corrected chi connectivity index (χ4v) is 2.44. The van der Waals surface area contributed by atoms with Crippen LogP contribution in [-0.4, -0.2) is 55.6 Å². The van der Waals surface area contributed by atoms with Crippen LogP contribution in [-0.2, 0) is 16.4 Å². The fraction of sp³-hybridized carbons (Fsp3) is 0.692. The number of aryl methyl sites for hydroxylation is 1. The lowest BCUT2D eigenvalue weighted by atomic mass is 10.3. The zero-order valence-corrected chi connectivity index (χ0v) is 14.2. The third-order valence-corrected chi connectivity index (χ3v) is 4.89. The van der Waals surface area contributed by atoms with Crippen LogP contribution in [0.4, 0.5) is 11.6 Å². The molecule has 0 aliphatic heterocycles. The second-order valence-electron chi connectivity index (χ2n) is 4.87. The monoisotopic (exact) mass is 315 g/mol. The van der Waals surface area contributed by atoms with E-state index in [0.717, 1.165) is 30.2 Å². The summed E-state index contributed by atoms with van der Waals surface area (Å²) < 4.78 is 24.7. The number of aromatic nitrogens is 2. The molecule has 0 saturated carbocycles. The Hall–Kier alpha value is -1.41. The maximum atomic E-state index is 11.7. The minimum Gasteiger partial charge on any atom is -0.370 e. The third kappa shape index (κ3) is 4.82. The van der Waals surface area contributed by atoms with Crippen LogP contribution in [0.15, 0.2) is 0 Å². The average molecular weight is 315 g/mol. The molecule has 0 aromatic carbocycles. The van der Waals surface area contributed by atoms with Gasteiger partial charge in [-0.2, -0.15) is 0 Å². The van der Waals surface area contributed by atoms with E-state index in [1.165, 1.54) is 18.4 Å². The van der Waals surface area contributed by atoms with Crippen molar-refractivity contribution in [2.24, 2.45) is 0 Å². The van der Waals surface area contributed by atoms with Crippen LogP contribution < -0.4 is 10.6 Å². The quantitative estimate of drug-likeness (QED) is 0.746. The van der Waals surface area contributed by atoms with Gasteiger partial charge in [-0.25, -0.2) is 22.7 Å². The largest absolute Gasteiger partial charge is 0.370 e. The van der Waals surface area contributed by atoms with E-state index < -0.39 is 10.0 Å². The Morgan fingerprint density at radius 1 is 1.10 bits per heavy atom. The summed E-state index contributed by atoms with van der Waals surface area (Å²) in [5.74, 6) is 2.24. The Labute approximate surface area is 127 Å². The van der Waals surface area contributed by atoms with Crippen LogP contribution in [0.1, 0.15) is 25.2 Å². The number of nitrogens with zero attached hydrogens (tertiary/aromatic N) is 3. The molecule has 0 unspecified atom stereocenters. The summed E-state index contributed by atoms with van der Waals surface area (Å²) >= 11 is 0. The van der Waals surface area contributed by atoms with Crippen LogP contribution >= 0.6 is 0 Å². The highest BCUT2D eigenvalue weighted by molar-refractivity contribution is 7.89. The molecule has 0 amide bonds. The molecule has 1 aromatic rings. The first-order valence-corrected chi connectivity index (χ1v) is 8.68. The molecular weight excluding hydrogens is 290 g/mol. The van der Waals surface area contributed by atoms with Crippen molar-refractivity contribution in [3.05, 3.63) is 11.4 Å². The first kappa shape index (κ1) is 17.6. The maximum absolute atomic E-state index is 11.7. The second kappa shape index (κ2) is 7.56. The van der Waals surface area contributed by atoms with Crippen LogP contribution in [0.2, 0.25) is 0 Å². The van der Waals surface area contributed by atoms with E-state index in [2.05, 4.69) is 20.6 Å². The number of sulfonamides is 1. The Kier molecular flexibility index (Phi) is 6.35. The molecule has 7 nitrogen and oxygen atoms in total. The number of hydrogen-bond donors (Lipinski definition) is 2. The van der Waals surface area contributed by atoms with Gasteiger partial charge in [-0.3, -0.25) is 0 Å². The van der Waals surface area contributed by atoms with Crippen molar-refractivity contribution in [1.82, 2.24) is 14.3 Å². The van der Waals surface area contributed by atoms with Gasteiger partial charge in [0.25, 0.3) is 0 Å². The van der Waals surface area contributed by atoms with Crippen molar-refractivity contribution in [3.63, 3.8) is 0 Å². The highest BCUT2D eigenvalue weighted by atomic mass is 32.2. The van der Waals surface area contributed by atoms with Gasteiger partial charge >= 0.3 is 0 Å². The second-order valence-corrected chi connectivity index (χ2v) is 7.17. The first-order valence-electron chi connectivity index (χ1n) is 7.07. The van der Waals surface area contributed by atoms with E-state index in [4.69, 9.17) is 0 Å². The standard InChI is InChI=1S/C13H25N5O2S/c1-6-11-16-12(14-7-2)10(3)13(17-11)15-8-9-21(19,20)18(4)5/h6-9H2,1-5H3,(H2,14,15,16,17). The Bertz CT molecular complexity index is 572. The predicted molar refractivity (Wildman–Crippen MR) is 86.3 cm³/mol. The first-order chi connectivity index (χ1) is 9.81. The van der Waals surface area contributed by atoms with Gasteiger partial charge < -0.3 is 10.6 Å². The van der Waals surface area contributed by atoms with E-state index in [1.54, 1.807) is 0 Å². The van der Waals surface area contributed by atoms with Crippen molar-refractivity contribution in [1.29, 1.82) is 0 Å². The lowest BCUT2D eigenvalue weighted by Gasteiger charge is -2.15. The highest BCUT2D eigenvalue weighted by Gasteiger charge is 2.14. The van der Waals surface area contributed by atoms with Crippen molar-refractivity contribution in [2.45, 2.75) is 27.2 Å². The normalized spacial score (nSPS) is 11.7. The number of anilines is 2. The molecular formula is C13H25N5O2S. The maximum Gasteiger partial charge on any atom is 0.215 e. The van der Waals surface area contributed by atoms with E-state index in [9.17, 15) is 8.42 Å². The van der Waals surface area contributed by atoms with E-state index in [1.807, 2.05) is 20.8 Å². The van der Waals surface area contributed by atoms with Crippen LogP contribution in [0.5, 0.6) is 0 Å². The molecule has 120 valence electrons. The Morgan fingerprint density at radius 2 is 1.67 bits per heavy atom. The highest BCUT2D eigenvalue weighted by Crippen LogP contribution is 2.20. The SMILES string of the molecule is CCNc1nc(CC)nc(NCCS(=O)(=O)N(C)C)c1C. The van der Waals surface area contributed by atoms with Crippen LogP contribution in [0, 0.1) is 6.92 Å². The molecule has 8 heteroatoms. The lowest BCUT2D eigenvalue weighted by molar-refractivity contribution is 0.521. The molecule has 1 rings (SSSR count). The summed E-state index contributed by atoms with van der Waals surface area (Å²) in [5.41, 5.74) is 0.899. The Balaban J connectivity index is 2.85. The summed E-state index contributed by atoms with van der Waals surface area (Å²) in [6.07, 6.45) is 0.726. The van der Waals surface area contributed by atoms with Crippen molar-refractivity contribution >= 4 is 21.7 Å². The van der Waals surface area contributed by atoms with Crippen molar-refractivity contribution < 1.29 is 8.42 Å². The van der Waals surface area contributed by atoms with Crippen LogP contribution in [0.25, 0.3) is 0 Å². The minimum absolute atomic E-state index is 0.0292. The summed E-state index contributed by atoms with van der Waals surface area (Å²) in [6.45, 7) is 6.99. The van der Waals surface area contributed by atoms with Crippen molar-refractivity contribution in [2.75, 3.05) is 43.6 Å². The summed E-state index contributed by atoms with van der Waals surface area (Å²) in [7, 11) is -0.142. The van der Waals surface area contributed by atoms with E-state index in [-0.39, 0.29) is 5.75 Å². The molecule has 21 heavy (non-hydrogen) atoms. The van der Waals surface area contributed by atoms with Gasteiger partial charge in [-0.1, -0.05) is 6.92 Å². The van der Waals surface area contributed by atoms with E-state index >= 15 is 0 Å². The van der Waals surface area contributed by atoms with Gasteiger partial charge in [-0.15, -0.1) is 0 Å². The molecule has 0 saturated heterocycles. The molecule has 1 aromatic heterocycles. The molecule has 0 aliphatic rings. The smallest absolute Gasteiger partial charge is 0.215 e. The Morgan fingerprint density at radius 3 is 2.14 bits per heavy atom. The molecule has 1 heterocycles. The average Bonchev–Trinajstić information content (AvgIpc) is 2.42.